The van der Waals surface area contributed by atoms with E-state index in [4.69, 9.17) is 9.47 Å². The van der Waals surface area contributed by atoms with E-state index < -0.39 is 0 Å². The largest absolute Gasteiger partial charge is 0.373 e. The molecule has 2 aliphatic heterocycles. The number of hydrogen-bond donors (Lipinski definition) is 0. The van der Waals surface area contributed by atoms with Crippen molar-refractivity contribution in [1.29, 1.82) is 0 Å². The summed E-state index contributed by atoms with van der Waals surface area (Å²) in [5, 5.41) is 4.38. The number of ether oxygens (including phenoxy) is 2. The fourth-order valence-corrected chi connectivity index (χ4v) is 4.38. The molecule has 0 bridgehead atoms. The lowest BCUT2D eigenvalue weighted by Gasteiger charge is -2.53. The van der Waals surface area contributed by atoms with Crippen LogP contribution in [0, 0.1) is 6.92 Å². The fourth-order valence-electron chi connectivity index (χ4n) is 3.72. The van der Waals surface area contributed by atoms with E-state index >= 15 is 0 Å². The molecule has 0 unspecified atom stereocenters. The Balaban J connectivity index is 1.28. The molecule has 2 aromatic heterocycles. The summed E-state index contributed by atoms with van der Waals surface area (Å²) in [6.45, 7) is 6.65. The lowest BCUT2D eigenvalue weighted by Crippen LogP contribution is -2.65. The quantitative estimate of drug-likeness (QED) is 0.833. The molecule has 0 saturated carbocycles. The maximum Gasteiger partial charge on any atom is 0.0959 e. The molecule has 0 aliphatic carbocycles. The molecule has 4 rings (SSSR count). The minimum atomic E-state index is 0.0168. The highest BCUT2D eigenvalue weighted by Gasteiger charge is 2.47. The number of nitrogens with zero attached hydrogens (tertiary/aromatic N) is 2. The zero-order valence-electron chi connectivity index (χ0n) is 14.1. The second kappa shape index (κ2) is 6.92. The predicted octanol–water partition coefficient (Wildman–Crippen LogP) is 3.40. The summed E-state index contributed by atoms with van der Waals surface area (Å²) < 4.78 is 12.3. The third-order valence-electron chi connectivity index (χ3n) is 5.08. The molecule has 2 aliphatic rings. The van der Waals surface area contributed by atoms with Gasteiger partial charge in [-0.25, -0.2) is 0 Å². The zero-order valence-corrected chi connectivity index (χ0v) is 14.9. The summed E-state index contributed by atoms with van der Waals surface area (Å²) in [5.74, 6) is 0. The van der Waals surface area contributed by atoms with E-state index in [9.17, 15) is 0 Å². The van der Waals surface area contributed by atoms with Gasteiger partial charge in [0.2, 0.25) is 0 Å². The molecule has 1 spiro atoms. The first kappa shape index (κ1) is 16.2. The molecule has 5 heteroatoms. The molecule has 0 amide bonds. The Labute approximate surface area is 147 Å². The predicted molar refractivity (Wildman–Crippen MR) is 95.1 cm³/mol. The standard InChI is InChI=1S/C19H24N2O2S/c1-15-2-5-20-9-17(15)11-22-18-3-6-23-19(8-18)13-21(14-19)10-16-4-7-24-12-16/h2,4-5,7,9,12,18H,3,6,8,10-11,13-14H2,1H3/t18-/m0/s1. The number of likely N-dealkylation sites (tertiary alicyclic amines) is 1. The summed E-state index contributed by atoms with van der Waals surface area (Å²) in [4.78, 5) is 6.67. The van der Waals surface area contributed by atoms with Crippen molar-refractivity contribution in [1.82, 2.24) is 9.88 Å². The van der Waals surface area contributed by atoms with Crippen molar-refractivity contribution in [3.8, 4) is 0 Å². The lowest BCUT2D eigenvalue weighted by atomic mass is 9.84. The summed E-state index contributed by atoms with van der Waals surface area (Å²) >= 11 is 1.77. The van der Waals surface area contributed by atoms with E-state index in [1.165, 1.54) is 16.7 Å². The Kier molecular flexibility index (Phi) is 4.68. The third kappa shape index (κ3) is 3.54. The number of thiophene rings is 1. The van der Waals surface area contributed by atoms with Crippen molar-refractivity contribution < 1.29 is 9.47 Å². The van der Waals surface area contributed by atoms with Crippen molar-refractivity contribution in [2.45, 2.75) is 44.6 Å². The number of rotatable bonds is 5. The number of hydrogen-bond acceptors (Lipinski definition) is 5. The average molecular weight is 344 g/mol. The van der Waals surface area contributed by atoms with Crippen molar-refractivity contribution in [3.63, 3.8) is 0 Å². The molecule has 4 heterocycles. The average Bonchev–Trinajstić information content (AvgIpc) is 3.06. The van der Waals surface area contributed by atoms with Gasteiger partial charge in [0, 0.05) is 45.1 Å². The van der Waals surface area contributed by atoms with E-state index in [1.54, 1.807) is 11.3 Å². The van der Waals surface area contributed by atoms with E-state index in [1.807, 2.05) is 18.5 Å². The zero-order chi connectivity index (χ0) is 16.4. The van der Waals surface area contributed by atoms with Crippen LogP contribution in [0.2, 0.25) is 0 Å². The molecular formula is C19H24N2O2S. The highest BCUT2D eigenvalue weighted by molar-refractivity contribution is 7.07. The van der Waals surface area contributed by atoms with E-state index in [0.717, 1.165) is 39.1 Å². The topological polar surface area (TPSA) is 34.6 Å². The van der Waals surface area contributed by atoms with Crippen LogP contribution in [-0.4, -0.2) is 41.3 Å². The second-order valence-electron chi connectivity index (χ2n) is 7.04. The van der Waals surface area contributed by atoms with Crippen molar-refractivity contribution in [2.24, 2.45) is 0 Å². The maximum atomic E-state index is 6.19. The fraction of sp³-hybridized carbons (Fsp3) is 0.526. The molecule has 24 heavy (non-hydrogen) atoms. The van der Waals surface area contributed by atoms with Gasteiger partial charge in [-0.1, -0.05) is 0 Å². The molecule has 0 radical (unpaired) electrons. The van der Waals surface area contributed by atoms with Crippen molar-refractivity contribution in [3.05, 3.63) is 52.0 Å². The van der Waals surface area contributed by atoms with Crippen LogP contribution in [-0.2, 0) is 22.6 Å². The second-order valence-corrected chi connectivity index (χ2v) is 7.82. The van der Waals surface area contributed by atoms with Crippen LogP contribution >= 0.6 is 11.3 Å². The molecule has 2 fully saturated rings. The Morgan fingerprint density at radius 3 is 3.12 bits per heavy atom. The Hall–Kier alpha value is -1.27. The van der Waals surface area contributed by atoms with Gasteiger partial charge in [-0.2, -0.15) is 11.3 Å². The van der Waals surface area contributed by atoms with Gasteiger partial charge in [-0.3, -0.25) is 9.88 Å². The van der Waals surface area contributed by atoms with Crippen LogP contribution < -0.4 is 0 Å². The summed E-state index contributed by atoms with van der Waals surface area (Å²) in [6.07, 6.45) is 6.04. The number of aryl methyl sites for hydroxylation is 1. The first-order valence-corrected chi connectivity index (χ1v) is 9.55. The van der Waals surface area contributed by atoms with Gasteiger partial charge in [0.15, 0.2) is 0 Å². The Morgan fingerprint density at radius 2 is 2.33 bits per heavy atom. The molecule has 0 aromatic carbocycles. The van der Waals surface area contributed by atoms with Crippen molar-refractivity contribution >= 4 is 11.3 Å². The SMILES string of the molecule is Cc1ccncc1CO[C@H]1CCOC2(C1)CN(Cc1ccsc1)C2. The maximum absolute atomic E-state index is 6.19. The van der Waals surface area contributed by atoms with Crippen LogP contribution in [0.1, 0.15) is 29.5 Å². The van der Waals surface area contributed by atoms with Crippen molar-refractivity contribution in [2.75, 3.05) is 19.7 Å². The van der Waals surface area contributed by atoms with Gasteiger partial charge in [-0.05, 0) is 52.9 Å². The van der Waals surface area contributed by atoms with Crippen LogP contribution in [0.5, 0.6) is 0 Å². The molecule has 1 atom stereocenters. The molecule has 2 aromatic rings. The summed E-state index contributed by atoms with van der Waals surface area (Å²) in [7, 11) is 0. The smallest absolute Gasteiger partial charge is 0.0959 e. The van der Waals surface area contributed by atoms with E-state index in [0.29, 0.717) is 12.7 Å². The van der Waals surface area contributed by atoms with E-state index in [2.05, 4.69) is 33.6 Å². The van der Waals surface area contributed by atoms with Crippen LogP contribution in [0.15, 0.2) is 35.3 Å². The third-order valence-corrected chi connectivity index (χ3v) is 5.81. The van der Waals surface area contributed by atoms with Gasteiger partial charge in [0.1, 0.15) is 0 Å². The van der Waals surface area contributed by atoms with Gasteiger partial charge >= 0.3 is 0 Å². The normalized spacial score (nSPS) is 23.3. The molecule has 4 nitrogen and oxygen atoms in total. The van der Waals surface area contributed by atoms with Gasteiger partial charge in [-0.15, -0.1) is 0 Å². The summed E-state index contributed by atoms with van der Waals surface area (Å²) in [6, 6.07) is 4.25. The summed E-state index contributed by atoms with van der Waals surface area (Å²) in [5.41, 5.74) is 3.86. The Bertz CT molecular complexity index is 668. The highest BCUT2D eigenvalue weighted by Crippen LogP contribution is 2.36. The first-order chi connectivity index (χ1) is 11.7. The molecular weight excluding hydrogens is 320 g/mol. The van der Waals surface area contributed by atoms with E-state index in [-0.39, 0.29) is 5.60 Å². The monoisotopic (exact) mass is 344 g/mol. The minimum absolute atomic E-state index is 0.0168. The Morgan fingerprint density at radius 1 is 1.42 bits per heavy atom. The minimum Gasteiger partial charge on any atom is -0.373 e. The van der Waals surface area contributed by atoms with Gasteiger partial charge in [0.25, 0.3) is 0 Å². The molecule has 2 saturated heterocycles. The van der Waals surface area contributed by atoms with Crippen LogP contribution in [0.3, 0.4) is 0 Å². The van der Waals surface area contributed by atoms with Gasteiger partial charge in [0.05, 0.1) is 18.3 Å². The number of pyridine rings is 1. The van der Waals surface area contributed by atoms with Gasteiger partial charge < -0.3 is 9.47 Å². The highest BCUT2D eigenvalue weighted by atomic mass is 32.1. The van der Waals surface area contributed by atoms with Crippen LogP contribution in [0.25, 0.3) is 0 Å². The molecule has 128 valence electrons. The lowest BCUT2D eigenvalue weighted by molar-refractivity contribution is -0.200. The first-order valence-electron chi connectivity index (χ1n) is 8.61. The number of aromatic nitrogens is 1. The molecule has 0 N–H and O–H groups in total. The van der Waals surface area contributed by atoms with Crippen LogP contribution in [0.4, 0.5) is 0 Å².